The molecule has 5 rings (SSSR count). The highest BCUT2D eigenvalue weighted by molar-refractivity contribution is 6.38. The van der Waals surface area contributed by atoms with Gasteiger partial charge in [-0.15, -0.1) is 0 Å². The number of allylic oxidation sites excluding steroid dienone is 2. The van der Waals surface area contributed by atoms with E-state index in [4.69, 9.17) is 4.74 Å². The number of rotatable bonds is 21. The number of esters is 1. The van der Waals surface area contributed by atoms with Gasteiger partial charge in [-0.05, 0) is 66.9 Å². The molecule has 5 unspecified atom stereocenters. The van der Waals surface area contributed by atoms with Crippen molar-refractivity contribution in [2.24, 2.45) is 35.5 Å². The standard InChI is InChI=1S/C46H59N5O10/c1-4-14-33(40(53)44(57)47-25-35(52)50-39(30-19-12-7-13-20-30)46(60)61-26-28-15-8-5-9-16-28)48-41(54)34(23-27(2)3)49-43(56)38(29-17-10-6-11-18-29)51-42(55)36-31-21-22-32(24-31)37(36)45(58)59/h5,7-9,12-13,15-16,19-22,27,29,31-34,36-39H,4,6,10-11,14,17-18,23-26H2,1-3H3,(H,47,57)(H,48,54)(H,49,56)(H,50,52)(H,51,55)(H,58,59)/t31?,32?,33?,34-,36?,37?,38-,39-/m0/s1. The van der Waals surface area contributed by atoms with Crippen molar-refractivity contribution in [3.05, 3.63) is 83.9 Å². The molecular formula is C46H59N5O10. The number of aliphatic carboxylic acids is 1. The van der Waals surface area contributed by atoms with E-state index < -0.39 is 89.8 Å². The average molecular weight is 842 g/mol. The molecule has 0 spiro atoms. The fourth-order valence-electron chi connectivity index (χ4n) is 8.78. The summed E-state index contributed by atoms with van der Waals surface area (Å²) >= 11 is 0. The highest BCUT2D eigenvalue weighted by Gasteiger charge is 2.52. The first-order valence-electron chi connectivity index (χ1n) is 21.5. The molecule has 0 saturated heterocycles. The fourth-order valence-corrected chi connectivity index (χ4v) is 8.78. The van der Waals surface area contributed by atoms with E-state index in [-0.39, 0.29) is 43.1 Å². The average Bonchev–Trinajstić information content (AvgIpc) is 3.89. The van der Waals surface area contributed by atoms with Gasteiger partial charge in [0.1, 0.15) is 18.7 Å². The first kappa shape index (κ1) is 46.2. The fraction of sp³-hybridized carbons (Fsp3) is 0.522. The zero-order valence-corrected chi connectivity index (χ0v) is 35.1. The van der Waals surface area contributed by atoms with Crippen molar-refractivity contribution in [1.82, 2.24) is 26.6 Å². The van der Waals surface area contributed by atoms with Crippen LogP contribution in [-0.2, 0) is 49.7 Å². The molecule has 8 atom stereocenters. The predicted molar refractivity (Wildman–Crippen MR) is 224 cm³/mol. The van der Waals surface area contributed by atoms with Crippen molar-refractivity contribution >= 4 is 47.3 Å². The van der Waals surface area contributed by atoms with Crippen molar-refractivity contribution in [1.29, 1.82) is 0 Å². The number of carbonyl (C=O) groups is 8. The largest absolute Gasteiger partial charge is 0.481 e. The van der Waals surface area contributed by atoms with E-state index >= 15 is 0 Å². The molecule has 0 aromatic heterocycles. The number of nitrogens with one attached hydrogen (secondary N) is 5. The molecule has 2 fully saturated rings. The Hall–Kier alpha value is -5.86. The van der Waals surface area contributed by atoms with Crippen LogP contribution in [0.5, 0.6) is 0 Å². The van der Waals surface area contributed by atoms with E-state index in [1.807, 2.05) is 32.1 Å². The third-order valence-corrected chi connectivity index (χ3v) is 11.8. The van der Waals surface area contributed by atoms with Gasteiger partial charge in [0.15, 0.2) is 6.04 Å². The van der Waals surface area contributed by atoms with Gasteiger partial charge in [-0.25, -0.2) is 4.79 Å². The van der Waals surface area contributed by atoms with Gasteiger partial charge in [-0.3, -0.25) is 33.6 Å². The maximum atomic E-state index is 14.1. The number of benzene rings is 2. The monoisotopic (exact) mass is 841 g/mol. The molecule has 61 heavy (non-hydrogen) atoms. The minimum Gasteiger partial charge on any atom is -0.481 e. The van der Waals surface area contributed by atoms with Crippen LogP contribution in [-0.4, -0.2) is 77.0 Å². The molecular weight excluding hydrogens is 783 g/mol. The van der Waals surface area contributed by atoms with Crippen LogP contribution in [0.3, 0.4) is 0 Å². The minimum absolute atomic E-state index is 0.0256. The van der Waals surface area contributed by atoms with E-state index in [0.29, 0.717) is 31.2 Å². The van der Waals surface area contributed by atoms with Crippen LogP contribution < -0.4 is 26.6 Å². The van der Waals surface area contributed by atoms with Gasteiger partial charge < -0.3 is 36.4 Å². The molecule has 0 heterocycles. The number of ether oxygens (including phenoxy) is 1. The summed E-state index contributed by atoms with van der Waals surface area (Å²) in [5.41, 5.74) is 1.20. The molecule has 0 aliphatic heterocycles. The van der Waals surface area contributed by atoms with Crippen LogP contribution in [0.4, 0.5) is 0 Å². The number of carboxylic acids is 1. The summed E-state index contributed by atoms with van der Waals surface area (Å²) in [6.07, 6.45) is 8.99. The van der Waals surface area contributed by atoms with Gasteiger partial charge in [0.2, 0.25) is 29.4 Å². The van der Waals surface area contributed by atoms with Crippen molar-refractivity contribution in [3.8, 4) is 0 Å². The first-order chi connectivity index (χ1) is 29.3. The third-order valence-electron chi connectivity index (χ3n) is 11.8. The highest BCUT2D eigenvalue weighted by atomic mass is 16.5. The second-order valence-corrected chi connectivity index (χ2v) is 16.8. The normalized spacial score (nSPS) is 21.3. The van der Waals surface area contributed by atoms with Crippen molar-refractivity contribution in [2.45, 2.75) is 109 Å². The maximum absolute atomic E-state index is 14.1. The zero-order valence-electron chi connectivity index (χ0n) is 35.1. The summed E-state index contributed by atoms with van der Waals surface area (Å²) in [7, 11) is 0. The maximum Gasteiger partial charge on any atom is 0.333 e. The van der Waals surface area contributed by atoms with Gasteiger partial charge in [-0.1, -0.05) is 119 Å². The van der Waals surface area contributed by atoms with Crippen LogP contribution in [0.25, 0.3) is 0 Å². The summed E-state index contributed by atoms with van der Waals surface area (Å²) in [6.45, 7) is 4.81. The molecule has 2 aromatic rings. The minimum atomic E-state index is -1.29. The summed E-state index contributed by atoms with van der Waals surface area (Å²) in [4.78, 5) is 107. The van der Waals surface area contributed by atoms with Crippen molar-refractivity contribution < 1.29 is 48.2 Å². The molecule has 15 heteroatoms. The van der Waals surface area contributed by atoms with Crippen molar-refractivity contribution in [3.63, 3.8) is 0 Å². The number of ketones is 1. The molecule has 328 valence electrons. The highest BCUT2D eigenvalue weighted by Crippen LogP contribution is 2.48. The van der Waals surface area contributed by atoms with Crippen LogP contribution >= 0.6 is 0 Å². The molecule has 2 aromatic carbocycles. The Kier molecular flexibility index (Phi) is 16.8. The van der Waals surface area contributed by atoms with Gasteiger partial charge >= 0.3 is 11.9 Å². The van der Waals surface area contributed by atoms with Gasteiger partial charge in [0.25, 0.3) is 5.91 Å². The smallest absolute Gasteiger partial charge is 0.333 e. The summed E-state index contributed by atoms with van der Waals surface area (Å²) in [5, 5.41) is 23.2. The number of fused-ring (bicyclic) bond motifs is 2. The third kappa shape index (κ3) is 12.6. The van der Waals surface area contributed by atoms with E-state index in [1.54, 1.807) is 61.5 Å². The molecule has 0 radical (unpaired) electrons. The Bertz CT molecular complexity index is 1920. The molecule has 15 nitrogen and oxygen atoms in total. The Labute approximate surface area is 356 Å². The summed E-state index contributed by atoms with van der Waals surface area (Å²) < 4.78 is 5.47. The Balaban J connectivity index is 1.21. The lowest BCUT2D eigenvalue weighted by molar-refractivity contribution is -0.149. The van der Waals surface area contributed by atoms with E-state index in [2.05, 4.69) is 26.6 Å². The Morgan fingerprint density at radius 3 is 2.00 bits per heavy atom. The lowest BCUT2D eigenvalue weighted by atomic mass is 9.80. The van der Waals surface area contributed by atoms with Crippen LogP contribution in [0, 0.1) is 35.5 Å². The van der Waals surface area contributed by atoms with Gasteiger partial charge in [0.05, 0.1) is 24.4 Å². The Morgan fingerprint density at radius 2 is 1.38 bits per heavy atom. The zero-order chi connectivity index (χ0) is 44.1. The Morgan fingerprint density at radius 1 is 0.754 bits per heavy atom. The summed E-state index contributed by atoms with van der Waals surface area (Å²) in [5.74, 6) is -8.93. The molecule has 3 aliphatic carbocycles. The van der Waals surface area contributed by atoms with Gasteiger partial charge in [-0.2, -0.15) is 0 Å². The van der Waals surface area contributed by atoms with E-state index in [1.165, 1.54) is 0 Å². The summed E-state index contributed by atoms with van der Waals surface area (Å²) in [6, 6.07) is 12.8. The second kappa shape index (κ2) is 22.1. The number of hydrogen-bond donors (Lipinski definition) is 6. The van der Waals surface area contributed by atoms with E-state index in [9.17, 15) is 43.5 Å². The van der Waals surface area contributed by atoms with Gasteiger partial charge in [0, 0.05) is 0 Å². The first-order valence-corrected chi connectivity index (χ1v) is 21.5. The number of amides is 5. The number of Topliss-reactive ketones (excluding diaryl/α,β-unsaturated/α-hetero) is 1. The molecule has 2 bridgehead atoms. The van der Waals surface area contributed by atoms with E-state index in [0.717, 1.165) is 24.8 Å². The second-order valence-electron chi connectivity index (χ2n) is 16.8. The van der Waals surface area contributed by atoms with Crippen LogP contribution in [0.1, 0.15) is 95.7 Å². The lowest BCUT2D eigenvalue weighted by Gasteiger charge is -2.33. The molecule has 5 amide bonds. The molecule has 6 N–H and O–H groups in total. The number of hydrogen-bond acceptors (Lipinski definition) is 9. The quantitative estimate of drug-likeness (QED) is 0.0608. The van der Waals surface area contributed by atoms with Crippen LogP contribution in [0.15, 0.2) is 72.8 Å². The number of carboxylic acid groups (broad SMARTS) is 1. The van der Waals surface area contributed by atoms with Crippen molar-refractivity contribution in [2.75, 3.05) is 6.54 Å². The SMILES string of the molecule is CCCC(NC(=O)[C@H](CC(C)C)NC(=O)[C@@H](NC(=O)C1C2C=CC(C2)C1C(=O)O)C1CCCCC1)C(=O)C(=O)NCC(=O)N[C@H](C(=O)OCc1ccccc1)c1ccccc1. The predicted octanol–water partition coefficient (Wildman–Crippen LogP) is 3.68. The lowest BCUT2D eigenvalue weighted by Crippen LogP contribution is -2.59. The molecule has 3 aliphatic rings. The topological polar surface area (TPSA) is 226 Å². The molecule has 2 saturated carbocycles. The van der Waals surface area contributed by atoms with Crippen LogP contribution in [0.2, 0.25) is 0 Å². The number of carbonyl (C=O) groups excluding carboxylic acids is 7.